The Morgan fingerprint density at radius 2 is 1.31 bits per heavy atom. The van der Waals surface area contributed by atoms with Gasteiger partial charge in [-0.25, -0.2) is 0 Å². The van der Waals surface area contributed by atoms with Crippen LogP contribution in [0.4, 0.5) is 26.3 Å². The molecule has 198 valence electrons. The monoisotopic (exact) mass is 514 g/mol. The summed E-state index contributed by atoms with van der Waals surface area (Å²) in [6.45, 7) is 1.43. The van der Waals surface area contributed by atoms with E-state index in [9.17, 15) is 40.7 Å². The van der Waals surface area contributed by atoms with Gasteiger partial charge in [0.05, 0.1) is 11.8 Å². The summed E-state index contributed by atoms with van der Waals surface area (Å²) in [4.78, 5) is 36.6. The molecule has 0 aliphatic rings. The third-order valence-electron chi connectivity index (χ3n) is 5.18. The average molecular weight is 514 g/mol. The molecule has 1 rings (SSSR count). The molecule has 6 nitrogen and oxygen atoms in total. The van der Waals surface area contributed by atoms with Crippen molar-refractivity contribution in [1.82, 2.24) is 0 Å². The predicted molar refractivity (Wildman–Crippen MR) is 111 cm³/mol. The van der Waals surface area contributed by atoms with E-state index in [1.165, 1.54) is 6.92 Å². The van der Waals surface area contributed by atoms with E-state index in [-0.39, 0.29) is 12.3 Å². The van der Waals surface area contributed by atoms with Gasteiger partial charge in [0, 0.05) is 13.3 Å². The van der Waals surface area contributed by atoms with Gasteiger partial charge in [0.15, 0.2) is 13.2 Å². The number of carbonyl (C=O) groups is 3. The fraction of sp³-hybridized carbons (Fsp3) is 0.609. The molecular weight excluding hydrogens is 486 g/mol. The van der Waals surface area contributed by atoms with E-state index in [0.29, 0.717) is 0 Å². The number of ether oxygens (including phenoxy) is 3. The van der Waals surface area contributed by atoms with Crippen LogP contribution in [0.2, 0.25) is 0 Å². The fourth-order valence-corrected chi connectivity index (χ4v) is 3.70. The van der Waals surface area contributed by atoms with Crippen LogP contribution >= 0.6 is 0 Å². The molecule has 1 aromatic rings. The molecule has 0 aromatic heterocycles. The highest BCUT2D eigenvalue weighted by Crippen LogP contribution is 2.36. The van der Waals surface area contributed by atoms with Crippen molar-refractivity contribution in [2.45, 2.75) is 64.4 Å². The number of halogens is 6. The first-order valence-corrected chi connectivity index (χ1v) is 10.6. The maximum absolute atomic E-state index is 12.6. The Kier molecular flexibility index (Phi) is 10.6. The molecule has 4 atom stereocenters. The zero-order chi connectivity index (χ0) is 27.0. The Morgan fingerprint density at radius 3 is 1.77 bits per heavy atom. The van der Waals surface area contributed by atoms with Crippen LogP contribution in [0.3, 0.4) is 0 Å². The smallest absolute Gasteiger partial charge is 0.422 e. The first-order chi connectivity index (χ1) is 15.9. The van der Waals surface area contributed by atoms with Crippen LogP contribution in [0.25, 0.3) is 0 Å². The molecule has 0 N–H and O–H groups in total. The van der Waals surface area contributed by atoms with Crippen molar-refractivity contribution in [3.05, 3.63) is 35.9 Å². The summed E-state index contributed by atoms with van der Waals surface area (Å²) in [6, 6.07) is 8.91. The highest BCUT2D eigenvalue weighted by Gasteiger charge is 2.43. The first kappa shape index (κ1) is 30.2. The van der Waals surface area contributed by atoms with E-state index in [2.05, 4.69) is 9.47 Å². The number of benzene rings is 1. The van der Waals surface area contributed by atoms with Gasteiger partial charge in [-0.05, 0) is 24.8 Å². The van der Waals surface area contributed by atoms with Crippen molar-refractivity contribution < 1.29 is 54.9 Å². The molecule has 12 heteroatoms. The third-order valence-corrected chi connectivity index (χ3v) is 5.18. The highest BCUT2D eigenvalue weighted by molar-refractivity contribution is 5.82. The fourth-order valence-electron chi connectivity index (χ4n) is 3.70. The Morgan fingerprint density at radius 1 is 0.829 bits per heavy atom. The molecule has 0 bridgehead atoms. The molecule has 4 unspecified atom stereocenters. The lowest BCUT2D eigenvalue weighted by molar-refractivity contribution is -0.198. The predicted octanol–water partition coefficient (Wildman–Crippen LogP) is 5.36. The van der Waals surface area contributed by atoms with Gasteiger partial charge in [-0.3, -0.25) is 14.4 Å². The van der Waals surface area contributed by atoms with Crippen LogP contribution in [-0.4, -0.2) is 49.1 Å². The van der Waals surface area contributed by atoms with Crippen molar-refractivity contribution in [2.75, 3.05) is 13.2 Å². The second-order valence-corrected chi connectivity index (χ2v) is 8.60. The van der Waals surface area contributed by atoms with Crippen LogP contribution in [0, 0.1) is 11.8 Å². The molecule has 0 aliphatic carbocycles. The molecule has 0 saturated carbocycles. The Labute approximate surface area is 198 Å². The number of carbonyl (C=O) groups excluding carboxylic acids is 3. The van der Waals surface area contributed by atoms with Gasteiger partial charge in [0.25, 0.3) is 0 Å². The van der Waals surface area contributed by atoms with E-state index in [1.807, 2.05) is 0 Å². The molecular formula is C23H28F6O6. The van der Waals surface area contributed by atoms with E-state index in [0.717, 1.165) is 19.4 Å². The van der Waals surface area contributed by atoms with Gasteiger partial charge in [-0.1, -0.05) is 44.2 Å². The van der Waals surface area contributed by atoms with Crippen molar-refractivity contribution in [3.63, 3.8) is 0 Å². The Hall–Kier alpha value is -2.79. The molecule has 1 aromatic carbocycles. The first-order valence-electron chi connectivity index (χ1n) is 10.6. The van der Waals surface area contributed by atoms with E-state index in [1.54, 1.807) is 37.3 Å². The SMILES string of the molecule is CC(=O)OC(C)(CC(C)c1ccccc1)CC(C(=O)OCC(F)(F)F)C(C)C(=O)OCC(F)(F)F. The number of alkyl halides is 6. The summed E-state index contributed by atoms with van der Waals surface area (Å²) in [5.74, 6) is -7.28. The zero-order valence-electron chi connectivity index (χ0n) is 19.7. The standard InChI is InChI=1S/C23H28F6O6/c1-14(17-8-6-5-7-9-17)10-21(4,35-16(3)30)11-18(20(32)34-13-23(27,28)29)15(2)19(31)33-12-22(24,25)26/h5-9,14-15,18H,10-13H2,1-4H3. The van der Waals surface area contributed by atoms with Crippen molar-refractivity contribution in [1.29, 1.82) is 0 Å². The summed E-state index contributed by atoms with van der Waals surface area (Å²) in [5, 5.41) is 0. The van der Waals surface area contributed by atoms with Crippen molar-refractivity contribution in [3.8, 4) is 0 Å². The van der Waals surface area contributed by atoms with Gasteiger partial charge in [0.1, 0.15) is 5.60 Å². The molecule has 0 heterocycles. The summed E-state index contributed by atoms with van der Waals surface area (Å²) >= 11 is 0. The van der Waals surface area contributed by atoms with Crippen LogP contribution < -0.4 is 0 Å². The van der Waals surface area contributed by atoms with Crippen LogP contribution in [-0.2, 0) is 28.6 Å². The third kappa shape index (κ3) is 11.5. The Balaban J connectivity index is 3.23. The summed E-state index contributed by atoms with van der Waals surface area (Å²) in [5.41, 5.74) is -0.651. The molecule has 0 aliphatic heterocycles. The zero-order valence-corrected chi connectivity index (χ0v) is 19.7. The maximum Gasteiger partial charge on any atom is 0.422 e. The molecule has 0 saturated heterocycles. The van der Waals surface area contributed by atoms with E-state index < -0.39 is 67.3 Å². The lowest BCUT2D eigenvalue weighted by Gasteiger charge is -2.35. The molecule has 0 radical (unpaired) electrons. The van der Waals surface area contributed by atoms with Crippen LogP contribution in [0.15, 0.2) is 30.3 Å². The number of rotatable bonds is 11. The Bertz CT molecular complexity index is 854. The van der Waals surface area contributed by atoms with Gasteiger partial charge in [0.2, 0.25) is 0 Å². The molecule has 35 heavy (non-hydrogen) atoms. The minimum atomic E-state index is -4.87. The number of esters is 3. The highest BCUT2D eigenvalue weighted by atomic mass is 19.4. The van der Waals surface area contributed by atoms with Gasteiger partial charge in [-0.15, -0.1) is 0 Å². The molecule has 0 spiro atoms. The van der Waals surface area contributed by atoms with Crippen molar-refractivity contribution in [2.24, 2.45) is 11.8 Å². The van der Waals surface area contributed by atoms with E-state index >= 15 is 0 Å². The largest absolute Gasteiger partial charge is 0.460 e. The summed E-state index contributed by atoms with van der Waals surface area (Å²) in [7, 11) is 0. The normalized spacial score (nSPS) is 16.4. The van der Waals surface area contributed by atoms with E-state index in [4.69, 9.17) is 4.74 Å². The maximum atomic E-state index is 12.6. The summed E-state index contributed by atoms with van der Waals surface area (Å²) in [6.07, 6.45) is -10.1. The minimum Gasteiger partial charge on any atom is -0.460 e. The van der Waals surface area contributed by atoms with Crippen LogP contribution in [0.5, 0.6) is 0 Å². The van der Waals surface area contributed by atoms with Gasteiger partial charge in [-0.2, -0.15) is 26.3 Å². The second kappa shape index (κ2) is 12.3. The molecule has 0 fully saturated rings. The van der Waals surface area contributed by atoms with Gasteiger partial charge >= 0.3 is 30.3 Å². The average Bonchev–Trinajstić information content (AvgIpc) is 2.72. The number of hydrogen-bond donors (Lipinski definition) is 0. The lowest BCUT2D eigenvalue weighted by atomic mass is 9.78. The quantitative estimate of drug-likeness (QED) is 0.225. The minimum absolute atomic E-state index is 0.0873. The summed E-state index contributed by atoms with van der Waals surface area (Å²) < 4.78 is 89.0. The molecule has 0 amide bonds. The topological polar surface area (TPSA) is 78.9 Å². The number of hydrogen-bond acceptors (Lipinski definition) is 6. The van der Waals surface area contributed by atoms with Crippen molar-refractivity contribution >= 4 is 17.9 Å². The lowest BCUT2D eigenvalue weighted by Crippen LogP contribution is -2.42. The van der Waals surface area contributed by atoms with Crippen LogP contribution in [0.1, 0.15) is 52.0 Å². The van der Waals surface area contributed by atoms with Gasteiger partial charge < -0.3 is 14.2 Å². The second-order valence-electron chi connectivity index (χ2n) is 8.60.